The van der Waals surface area contributed by atoms with Gasteiger partial charge in [0.2, 0.25) is 0 Å². The highest BCUT2D eigenvalue weighted by molar-refractivity contribution is 5.82. The molecule has 1 N–H and O–H groups in total. The van der Waals surface area contributed by atoms with E-state index in [0.29, 0.717) is 11.3 Å². The quantitative estimate of drug-likeness (QED) is 0.535. The maximum atomic E-state index is 10.1. The van der Waals surface area contributed by atoms with Crippen LogP contribution in [0.5, 0.6) is 0 Å². The fourth-order valence-corrected chi connectivity index (χ4v) is 1.28. The van der Waals surface area contributed by atoms with Crippen LogP contribution in [0, 0.1) is 0 Å². The van der Waals surface area contributed by atoms with E-state index in [2.05, 4.69) is 9.73 Å². The first-order valence-corrected chi connectivity index (χ1v) is 3.75. The molecule has 1 heterocycles. The maximum absolute atomic E-state index is 10.1. The number of carbonyl (C=O) groups is 1. The van der Waals surface area contributed by atoms with Crippen molar-refractivity contribution in [2.24, 2.45) is 4.99 Å². The Kier molecular flexibility index (Phi) is 1.63. The summed E-state index contributed by atoms with van der Waals surface area (Å²) < 4.78 is 4.54. The fourth-order valence-electron chi connectivity index (χ4n) is 1.28. The summed E-state index contributed by atoms with van der Waals surface area (Å²) in [6.45, 7) is 0.202. The molecule has 0 spiro atoms. The molecule has 13 heavy (non-hydrogen) atoms. The van der Waals surface area contributed by atoms with Gasteiger partial charge in [0.25, 0.3) is 12.3 Å². The molecule has 4 nitrogen and oxygen atoms in total. The summed E-state index contributed by atoms with van der Waals surface area (Å²) in [7, 11) is 0. The Bertz CT molecular complexity index is 375. The third kappa shape index (κ3) is 1.11. The van der Waals surface area contributed by atoms with E-state index in [1.165, 1.54) is 6.21 Å². The zero-order chi connectivity index (χ0) is 9.31. The first-order valence-electron chi connectivity index (χ1n) is 3.75. The van der Waals surface area contributed by atoms with Crippen LogP contribution in [-0.2, 0) is 15.3 Å². The van der Waals surface area contributed by atoms with Gasteiger partial charge in [0.1, 0.15) is 0 Å². The molecule has 66 valence electrons. The summed E-state index contributed by atoms with van der Waals surface area (Å²) in [4.78, 5) is 14.0. The molecule has 2 rings (SSSR count). The van der Waals surface area contributed by atoms with Crippen molar-refractivity contribution in [3.05, 3.63) is 29.8 Å². The van der Waals surface area contributed by atoms with Crippen molar-refractivity contribution in [3.63, 3.8) is 0 Å². The maximum Gasteiger partial charge on any atom is 0.296 e. The Hall–Kier alpha value is -1.68. The first kappa shape index (κ1) is 7.94. The standard InChI is InChI=1S/C9H7NO3/c11-6-13-9(12)5-10-8-4-2-1-3-7(8)9/h1-6,12H. The predicted octanol–water partition coefficient (Wildman–Crippen LogP) is 0.721. The number of aliphatic hydroxyl groups is 1. The van der Waals surface area contributed by atoms with Gasteiger partial charge in [-0.05, 0) is 12.1 Å². The second-order valence-corrected chi connectivity index (χ2v) is 2.69. The van der Waals surface area contributed by atoms with Gasteiger partial charge >= 0.3 is 0 Å². The number of nitrogens with zero attached hydrogens (tertiary/aromatic N) is 1. The van der Waals surface area contributed by atoms with Crippen LogP contribution in [0.15, 0.2) is 29.3 Å². The molecule has 1 aliphatic heterocycles. The molecular formula is C9H7NO3. The Morgan fingerprint density at radius 1 is 1.46 bits per heavy atom. The molecule has 1 aliphatic rings. The van der Waals surface area contributed by atoms with Gasteiger partial charge in [0, 0.05) is 0 Å². The average molecular weight is 177 g/mol. The molecule has 0 aromatic heterocycles. The Morgan fingerprint density at radius 3 is 3.00 bits per heavy atom. The van der Waals surface area contributed by atoms with Gasteiger partial charge in [0.15, 0.2) is 0 Å². The molecule has 0 bridgehead atoms. The van der Waals surface area contributed by atoms with E-state index >= 15 is 0 Å². The van der Waals surface area contributed by atoms with E-state index in [1.54, 1.807) is 24.3 Å². The Labute approximate surface area is 74.5 Å². The largest absolute Gasteiger partial charge is 0.425 e. The van der Waals surface area contributed by atoms with Crippen LogP contribution in [0.3, 0.4) is 0 Å². The Morgan fingerprint density at radius 2 is 2.23 bits per heavy atom. The van der Waals surface area contributed by atoms with Crippen molar-refractivity contribution in [2.45, 2.75) is 5.79 Å². The zero-order valence-corrected chi connectivity index (χ0v) is 6.68. The molecule has 0 saturated carbocycles. The topological polar surface area (TPSA) is 58.9 Å². The minimum Gasteiger partial charge on any atom is -0.425 e. The monoisotopic (exact) mass is 177 g/mol. The van der Waals surface area contributed by atoms with E-state index in [0.717, 1.165) is 0 Å². The lowest BCUT2D eigenvalue weighted by Crippen LogP contribution is -2.28. The summed E-state index contributed by atoms with van der Waals surface area (Å²) in [5.41, 5.74) is 1.11. The van der Waals surface area contributed by atoms with Crippen molar-refractivity contribution in [1.82, 2.24) is 0 Å². The number of carbonyl (C=O) groups excluding carboxylic acids is 1. The molecule has 0 aliphatic carbocycles. The summed E-state index contributed by atoms with van der Waals surface area (Å²) in [6, 6.07) is 6.93. The molecule has 1 atom stereocenters. The molecule has 1 aromatic rings. The fraction of sp³-hybridized carbons (Fsp3) is 0.111. The number of fused-ring (bicyclic) bond motifs is 1. The summed E-state index contributed by atoms with van der Waals surface area (Å²) in [5, 5.41) is 9.74. The summed E-state index contributed by atoms with van der Waals surface area (Å²) in [6.07, 6.45) is 1.20. The summed E-state index contributed by atoms with van der Waals surface area (Å²) >= 11 is 0. The van der Waals surface area contributed by atoms with Crippen LogP contribution in [0.25, 0.3) is 0 Å². The molecule has 1 aromatic carbocycles. The minimum absolute atomic E-state index is 0.202. The highest BCUT2D eigenvalue weighted by Gasteiger charge is 2.35. The van der Waals surface area contributed by atoms with Crippen LogP contribution < -0.4 is 0 Å². The van der Waals surface area contributed by atoms with Crippen LogP contribution in [-0.4, -0.2) is 17.8 Å². The third-order valence-electron chi connectivity index (χ3n) is 1.90. The van der Waals surface area contributed by atoms with Gasteiger partial charge < -0.3 is 9.84 Å². The first-order chi connectivity index (χ1) is 6.26. The number of benzene rings is 1. The lowest BCUT2D eigenvalue weighted by molar-refractivity contribution is -0.168. The van der Waals surface area contributed by atoms with Crippen molar-refractivity contribution >= 4 is 18.4 Å². The van der Waals surface area contributed by atoms with Gasteiger partial charge in [-0.25, -0.2) is 0 Å². The van der Waals surface area contributed by atoms with Crippen LogP contribution in [0.4, 0.5) is 5.69 Å². The minimum atomic E-state index is -1.68. The van der Waals surface area contributed by atoms with Gasteiger partial charge in [-0.3, -0.25) is 9.79 Å². The van der Waals surface area contributed by atoms with Crippen LogP contribution >= 0.6 is 0 Å². The molecule has 0 fully saturated rings. The summed E-state index contributed by atoms with van der Waals surface area (Å²) in [5.74, 6) is -1.68. The second kappa shape index (κ2) is 2.67. The predicted molar refractivity (Wildman–Crippen MR) is 45.6 cm³/mol. The van der Waals surface area contributed by atoms with Gasteiger partial charge in [-0.1, -0.05) is 12.1 Å². The number of ether oxygens (including phenoxy) is 1. The lowest BCUT2D eigenvalue weighted by Gasteiger charge is -2.17. The van der Waals surface area contributed by atoms with E-state index in [1.807, 2.05) is 0 Å². The lowest BCUT2D eigenvalue weighted by atomic mass is 10.1. The van der Waals surface area contributed by atoms with Crippen molar-refractivity contribution in [2.75, 3.05) is 0 Å². The van der Waals surface area contributed by atoms with Gasteiger partial charge in [-0.15, -0.1) is 0 Å². The van der Waals surface area contributed by atoms with E-state index in [9.17, 15) is 9.90 Å². The number of aliphatic imine (C=N–C) groups is 1. The number of rotatable bonds is 2. The van der Waals surface area contributed by atoms with Gasteiger partial charge in [-0.2, -0.15) is 0 Å². The molecule has 4 heteroatoms. The van der Waals surface area contributed by atoms with Gasteiger partial charge in [0.05, 0.1) is 17.5 Å². The van der Waals surface area contributed by atoms with Crippen molar-refractivity contribution < 1.29 is 14.6 Å². The number of hydrogen-bond donors (Lipinski definition) is 1. The molecule has 0 amide bonds. The Balaban J connectivity index is 2.48. The second-order valence-electron chi connectivity index (χ2n) is 2.69. The van der Waals surface area contributed by atoms with E-state index < -0.39 is 5.79 Å². The molecule has 1 unspecified atom stereocenters. The number of para-hydroxylation sites is 1. The highest BCUT2D eigenvalue weighted by Crippen LogP contribution is 2.34. The molecule has 0 saturated heterocycles. The van der Waals surface area contributed by atoms with Crippen molar-refractivity contribution in [1.29, 1.82) is 0 Å². The third-order valence-corrected chi connectivity index (χ3v) is 1.90. The van der Waals surface area contributed by atoms with E-state index in [-0.39, 0.29) is 6.47 Å². The molecule has 0 radical (unpaired) electrons. The van der Waals surface area contributed by atoms with E-state index in [4.69, 9.17) is 0 Å². The highest BCUT2D eigenvalue weighted by atomic mass is 16.6. The SMILES string of the molecule is O=COC1(O)C=Nc2ccccc21. The van der Waals surface area contributed by atoms with Crippen LogP contribution in [0.2, 0.25) is 0 Å². The smallest absolute Gasteiger partial charge is 0.296 e. The number of hydrogen-bond acceptors (Lipinski definition) is 4. The van der Waals surface area contributed by atoms with Crippen LogP contribution in [0.1, 0.15) is 5.56 Å². The zero-order valence-electron chi connectivity index (χ0n) is 6.68. The van der Waals surface area contributed by atoms with Crippen molar-refractivity contribution in [3.8, 4) is 0 Å². The molecular weight excluding hydrogens is 170 g/mol. The normalized spacial score (nSPS) is 24.1. The average Bonchev–Trinajstić information content (AvgIpc) is 2.46.